The molecule has 0 aliphatic carbocycles. The normalized spacial score (nSPS) is 10.7. The molecule has 1 aromatic carbocycles. The first kappa shape index (κ1) is 13.8. The Balaban J connectivity index is 2.22. The van der Waals surface area contributed by atoms with Crippen molar-refractivity contribution >= 4 is 28.3 Å². The van der Waals surface area contributed by atoms with Gasteiger partial charge in [0.2, 0.25) is 0 Å². The van der Waals surface area contributed by atoms with E-state index in [9.17, 15) is 4.79 Å². The zero-order valence-corrected chi connectivity index (χ0v) is 11.8. The Hall–Kier alpha value is -1.61. The molecule has 19 heavy (non-hydrogen) atoms. The van der Waals surface area contributed by atoms with E-state index in [2.05, 4.69) is 4.98 Å². The van der Waals surface area contributed by atoms with Gasteiger partial charge in [-0.1, -0.05) is 17.7 Å². The lowest BCUT2D eigenvalue weighted by Crippen LogP contribution is -2.06. The number of carbonyl (C=O) groups is 1. The van der Waals surface area contributed by atoms with Crippen molar-refractivity contribution in [3.8, 4) is 0 Å². The number of ether oxygens (including phenoxy) is 1. The Kier molecular flexibility index (Phi) is 4.38. The zero-order chi connectivity index (χ0) is 13.8. The highest BCUT2D eigenvalue weighted by molar-refractivity contribution is 6.31. The number of esters is 1. The van der Waals surface area contributed by atoms with Gasteiger partial charge in [-0.2, -0.15) is 0 Å². The number of halogens is 1. The second-order valence-corrected chi connectivity index (χ2v) is 4.81. The van der Waals surface area contributed by atoms with E-state index in [1.165, 1.54) is 0 Å². The van der Waals surface area contributed by atoms with E-state index in [1.54, 1.807) is 6.92 Å². The molecule has 0 atom stereocenters. The summed E-state index contributed by atoms with van der Waals surface area (Å²) >= 11 is 6.00. The second kappa shape index (κ2) is 6.02. The predicted molar refractivity (Wildman–Crippen MR) is 76.4 cm³/mol. The van der Waals surface area contributed by atoms with Crippen molar-refractivity contribution in [1.82, 2.24) is 4.98 Å². The predicted octanol–water partition coefficient (Wildman–Crippen LogP) is 3.69. The second-order valence-electron chi connectivity index (χ2n) is 4.37. The Bertz CT molecular complexity index is 610. The molecule has 0 aliphatic rings. The van der Waals surface area contributed by atoms with E-state index in [0.29, 0.717) is 24.5 Å². The fourth-order valence-electron chi connectivity index (χ4n) is 2.06. The number of fused-ring (bicyclic) bond motifs is 1. The van der Waals surface area contributed by atoms with Gasteiger partial charge in [0, 0.05) is 28.2 Å². The van der Waals surface area contributed by atoms with E-state index in [0.717, 1.165) is 22.2 Å². The van der Waals surface area contributed by atoms with Crippen molar-refractivity contribution in [2.45, 2.75) is 26.7 Å². The largest absolute Gasteiger partial charge is 0.466 e. The van der Waals surface area contributed by atoms with Crippen LogP contribution in [-0.2, 0) is 16.0 Å². The molecule has 2 rings (SSSR count). The number of hydrogen-bond acceptors (Lipinski definition) is 3. The number of aryl methyl sites for hydroxylation is 2. The summed E-state index contributed by atoms with van der Waals surface area (Å²) in [6.45, 7) is 4.18. The number of hydrogen-bond donors (Lipinski definition) is 0. The van der Waals surface area contributed by atoms with Crippen molar-refractivity contribution in [2.24, 2.45) is 0 Å². The molecule has 0 spiro atoms. The molecule has 1 aromatic heterocycles. The monoisotopic (exact) mass is 277 g/mol. The van der Waals surface area contributed by atoms with Crippen molar-refractivity contribution in [1.29, 1.82) is 0 Å². The minimum Gasteiger partial charge on any atom is -0.466 e. The fourth-order valence-corrected chi connectivity index (χ4v) is 2.24. The van der Waals surface area contributed by atoms with Crippen molar-refractivity contribution in [3.05, 3.63) is 40.7 Å². The molecule has 0 radical (unpaired) electrons. The molecular weight excluding hydrogens is 262 g/mol. The lowest BCUT2D eigenvalue weighted by molar-refractivity contribution is -0.143. The number of benzene rings is 1. The van der Waals surface area contributed by atoms with E-state index >= 15 is 0 Å². The molecule has 0 saturated heterocycles. The van der Waals surface area contributed by atoms with Crippen LogP contribution in [0.15, 0.2) is 24.3 Å². The standard InChI is InChI=1S/C15H16ClNO2/c1-3-19-15(18)7-5-13-9-11-8-12(16)4-6-14(11)10(2)17-13/h4,6,8-9H,3,5,7H2,1-2H3. The highest BCUT2D eigenvalue weighted by Crippen LogP contribution is 2.22. The minimum atomic E-state index is -0.187. The van der Waals surface area contributed by atoms with Crippen LogP contribution in [0, 0.1) is 6.92 Å². The molecule has 3 nitrogen and oxygen atoms in total. The average molecular weight is 278 g/mol. The Morgan fingerprint density at radius 3 is 2.89 bits per heavy atom. The highest BCUT2D eigenvalue weighted by Gasteiger charge is 2.07. The first-order valence-electron chi connectivity index (χ1n) is 6.31. The highest BCUT2D eigenvalue weighted by atomic mass is 35.5. The summed E-state index contributed by atoms with van der Waals surface area (Å²) < 4.78 is 4.91. The topological polar surface area (TPSA) is 39.2 Å². The third-order valence-corrected chi connectivity index (χ3v) is 3.16. The molecule has 0 N–H and O–H groups in total. The number of pyridine rings is 1. The maximum atomic E-state index is 11.3. The lowest BCUT2D eigenvalue weighted by Gasteiger charge is -2.07. The molecule has 0 amide bonds. The Morgan fingerprint density at radius 1 is 1.37 bits per heavy atom. The molecule has 0 aliphatic heterocycles. The smallest absolute Gasteiger partial charge is 0.306 e. The Labute approximate surface area is 117 Å². The van der Waals surface area contributed by atoms with E-state index in [4.69, 9.17) is 16.3 Å². The van der Waals surface area contributed by atoms with Crippen molar-refractivity contribution < 1.29 is 9.53 Å². The van der Waals surface area contributed by atoms with Crippen LogP contribution in [-0.4, -0.2) is 17.6 Å². The summed E-state index contributed by atoms with van der Waals surface area (Å²) in [7, 11) is 0. The number of rotatable bonds is 4. The Morgan fingerprint density at radius 2 is 2.16 bits per heavy atom. The van der Waals surface area contributed by atoms with Gasteiger partial charge in [0.25, 0.3) is 0 Å². The summed E-state index contributed by atoms with van der Waals surface area (Å²) in [6.07, 6.45) is 0.939. The summed E-state index contributed by atoms with van der Waals surface area (Å²) in [5.41, 5.74) is 1.84. The van der Waals surface area contributed by atoms with Gasteiger partial charge in [-0.3, -0.25) is 9.78 Å². The number of carbonyl (C=O) groups excluding carboxylic acids is 1. The SMILES string of the molecule is CCOC(=O)CCc1cc2cc(Cl)ccc2c(C)n1. The van der Waals surface area contributed by atoms with Crippen LogP contribution < -0.4 is 0 Å². The van der Waals surface area contributed by atoms with Crippen LogP contribution in [0.4, 0.5) is 0 Å². The summed E-state index contributed by atoms with van der Waals surface area (Å²) in [5.74, 6) is -0.187. The van der Waals surface area contributed by atoms with Gasteiger partial charge < -0.3 is 4.74 Å². The van der Waals surface area contributed by atoms with Crippen LogP contribution in [0.3, 0.4) is 0 Å². The molecule has 4 heteroatoms. The number of aromatic nitrogens is 1. The summed E-state index contributed by atoms with van der Waals surface area (Å²) in [6, 6.07) is 7.72. The van der Waals surface area contributed by atoms with Crippen LogP contribution in [0.2, 0.25) is 5.02 Å². The molecule has 100 valence electrons. The third kappa shape index (κ3) is 3.44. The van der Waals surface area contributed by atoms with E-state index in [1.807, 2.05) is 31.2 Å². The third-order valence-electron chi connectivity index (χ3n) is 2.93. The molecule has 0 unspecified atom stereocenters. The average Bonchev–Trinajstić information content (AvgIpc) is 2.36. The summed E-state index contributed by atoms with van der Waals surface area (Å²) in [4.78, 5) is 15.9. The van der Waals surface area contributed by atoms with Gasteiger partial charge in [-0.25, -0.2) is 0 Å². The molecule has 0 bridgehead atoms. The van der Waals surface area contributed by atoms with Crippen LogP contribution >= 0.6 is 11.6 Å². The van der Waals surface area contributed by atoms with E-state index < -0.39 is 0 Å². The lowest BCUT2D eigenvalue weighted by atomic mass is 10.1. The quantitative estimate of drug-likeness (QED) is 0.800. The van der Waals surface area contributed by atoms with Crippen molar-refractivity contribution in [3.63, 3.8) is 0 Å². The maximum Gasteiger partial charge on any atom is 0.306 e. The molecule has 1 heterocycles. The number of nitrogens with zero attached hydrogens (tertiary/aromatic N) is 1. The molecule has 2 aromatic rings. The molecule has 0 saturated carbocycles. The first-order chi connectivity index (χ1) is 9.10. The van der Waals surface area contributed by atoms with Gasteiger partial charge in [-0.05, 0) is 37.4 Å². The van der Waals surface area contributed by atoms with Gasteiger partial charge in [0.1, 0.15) is 0 Å². The zero-order valence-electron chi connectivity index (χ0n) is 11.1. The summed E-state index contributed by atoms with van der Waals surface area (Å²) in [5, 5.41) is 2.84. The fraction of sp³-hybridized carbons (Fsp3) is 0.333. The first-order valence-corrected chi connectivity index (χ1v) is 6.69. The van der Waals surface area contributed by atoms with Crippen molar-refractivity contribution in [2.75, 3.05) is 6.61 Å². The van der Waals surface area contributed by atoms with E-state index in [-0.39, 0.29) is 5.97 Å². The van der Waals surface area contributed by atoms with Gasteiger partial charge in [0.15, 0.2) is 0 Å². The van der Waals surface area contributed by atoms with Crippen LogP contribution in [0.5, 0.6) is 0 Å². The van der Waals surface area contributed by atoms with Gasteiger partial charge in [0.05, 0.1) is 13.0 Å². The maximum absolute atomic E-state index is 11.3. The van der Waals surface area contributed by atoms with Gasteiger partial charge in [-0.15, -0.1) is 0 Å². The van der Waals surface area contributed by atoms with Crippen LogP contribution in [0.25, 0.3) is 10.8 Å². The van der Waals surface area contributed by atoms with Crippen LogP contribution in [0.1, 0.15) is 24.7 Å². The van der Waals surface area contributed by atoms with Gasteiger partial charge >= 0.3 is 5.97 Å². The molecule has 0 fully saturated rings. The minimum absolute atomic E-state index is 0.187. The molecular formula is C15H16ClNO2.